The van der Waals surface area contributed by atoms with Crippen LogP contribution in [0.5, 0.6) is 0 Å². The predicted molar refractivity (Wildman–Crippen MR) is 117 cm³/mol. The largest absolute Gasteiger partial charge is 0.303 e. The average molecular weight is 400 g/mol. The summed E-state index contributed by atoms with van der Waals surface area (Å²) in [5, 5.41) is 0. The lowest BCUT2D eigenvalue weighted by Crippen LogP contribution is -2.37. The van der Waals surface area contributed by atoms with Crippen LogP contribution in [0.25, 0.3) is 0 Å². The van der Waals surface area contributed by atoms with E-state index >= 15 is 0 Å². The van der Waals surface area contributed by atoms with Crippen LogP contribution < -0.4 is 0 Å². The van der Waals surface area contributed by atoms with Gasteiger partial charge in [-0.3, -0.25) is 0 Å². The van der Waals surface area contributed by atoms with Crippen LogP contribution in [0.4, 0.5) is 0 Å². The first kappa shape index (κ1) is 21.1. The first-order valence-corrected chi connectivity index (χ1v) is 11.9. The summed E-state index contributed by atoms with van der Waals surface area (Å²) in [6.07, 6.45) is 4.04. The molecule has 0 N–H and O–H groups in total. The standard InChI is InChI=1S/C24H33NO2S/c1-20-11-7-8-15-23(20)21-12-9-17-25(19-21)18-10-16-24(2,3)28(26,27)22-13-5-4-6-14-22/h4-8,11,13-15,21H,9-10,12,16-19H2,1-3H3. The fourth-order valence-corrected chi connectivity index (χ4v) is 5.91. The topological polar surface area (TPSA) is 37.4 Å². The van der Waals surface area contributed by atoms with Crippen molar-refractivity contribution in [3.63, 3.8) is 0 Å². The quantitative estimate of drug-likeness (QED) is 0.641. The average Bonchev–Trinajstić information content (AvgIpc) is 2.69. The molecule has 4 heteroatoms. The molecule has 0 bridgehead atoms. The van der Waals surface area contributed by atoms with Gasteiger partial charge >= 0.3 is 0 Å². The van der Waals surface area contributed by atoms with E-state index in [9.17, 15) is 8.42 Å². The van der Waals surface area contributed by atoms with Crippen LogP contribution in [0.15, 0.2) is 59.5 Å². The highest BCUT2D eigenvalue weighted by Crippen LogP contribution is 2.31. The van der Waals surface area contributed by atoms with Gasteiger partial charge in [-0.1, -0.05) is 42.5 Å². The van der Waals surface area contributed by atoms with Crippen LogP contribution in [0.2, 0.25) is 0 Å². The Balaban J connectivity index is 1.57. The van der Waals surface area contributed by atoms with Crippen LogP contribution in [0.1, 0.15) is 56.6 Å². The number of benzene rings is 2. The molecular formula is C24H33NO2S. The van der Waals surface area contributed by atoms with E-state index in [1.54, 1.807) is 24.3 Å². The molecule has 2 aromatic carbocycles. The summed E-state index contributed by atoms with van der Waals surface area (Å²) in [5.74, 6) is 0.594. The molecule has 3 nitrogen and oxygen atoms in total. The van der Waals surface area contributed by atoms with Crippen LogP contribution in [-0.4, -0.2) is 37.7 Å². The highest BCUT2D eigenvalue weighted by Gasteiger charge is 2.35. The number of sulfone groups is 1. The molecule has 0 amide bonds. The van der Waals surface area contributed by atoms with Gasteiger partial charge in [0.15, 0.2) is 9.84 Å². The summed E-state index contributed by atoms with van der Waals surface area (Å²) in [5.41, 5.74) is 2.85. The third kappa shape index (κ3) is 4.66. The zero-order chi connectivity index (χ0) is 20.2. The van der Waals surface area contributed by atoms with Gasteiger partial charge in [-0.25, -0.2) is 8.42 Å². The smallest absolute Gasteiger partial charge is 0.183 e. The lowest BCUT2D eigenvalue weighted by Gasteiger charge is -2.34. The van der Waals surface area contributed by atoms with E-state index in [1.807, 2.05) is 19.9 Å². The lowest BCUT2D eigenvalue weighted by molar-refractivity contribution is 0.202. The van der Waals surface area contributed by atoms with Crippen LogP contribution >= 0.6 is 0 Å². The molecule has 1 fully saturated rings. The highest BCUT2D eigenvalue weighted by molar-refractivity contribution is 7.92. The molecular weight excluding hydrogens is 366 g/mol. The number of aryl methyl sites for hydroxylation is 1. The summed E-state index contributed by atoms with van der Waals surface area (Å²) < 4.78 is 25.2. The van der Waals surface area contributed by atoms with Crippen molar-refractivity contribution in [2.45, 2.75) is 62.0 Å². The van der Waals surface area contributed by atoms with Gasteiger partial charge < -0.3 is 4.90 Å². The molecule has 1 saturated heterocycles. The Morgan fingerprint density at radius 2 is 1.71 bits per heavy atom. The minimum Gasteiger partial charge on any atom is -0.303 e. The summed E-state index contributed by atoms with van der Waals surface area (Å²) >= 11 is 0. The summed E-state index contributed by atoms with van der Waals surface area (Å²) in [6.45, 7) is 9.09. The van der Waals surface area contributed by atoms with Crippen molar-refractivity contribution in [2.24, 2.45) is 0 Å². The number of piperidine rings is 1. The van der Waals surface area contributed by atoms with Gasteiger partial charge in [0.05, 0.1) is 9.64 Å². The van der Waals surface area contributed by atoms with E-state index < -0.39 is 14.6 Å². The summed E-state index contributed by atoms with van der Waals surface area (Å²) in [7, 11) is -3.32. The molecule has 0 radical (unpaired) electrons. The van der Waals surface area contributed by atoms with E-state index in [-0.39, 0.29) is 0 Å². The maximum Gasteiger partial charge on any atom is 0.183 e. The number of likely N-dealkylation sites (tertiary alicyclic amines) is 1. The second-order valence-electron chi connectivity index (χ2n) is 8.68. The number of nitrogens with zero attached hydrogens (tertiary/aromatic N) is 1. The van der Waals surface area contributed by atoms with E-state index in [4.69, 9.17) is 0 Å². The van der Waals surface area contributed by atoms with Crippen molar-refractivity contribution in [3.05, 3.63) is 65.7 Å². The van der Waals surface area contributed by atoms with Gasteiger partial charge in [0.25, 0.3) is 0 Å². The van der Waals surface area contributed by atoms with Crippen molar-refractivity contribution >= 4 is 9.84 Å². The van der Waals surface area contributed by atoms with Gasteiger partial charge in [0, 0.05) is 6.54 Å². The van der Waals surface area contributed by atoms with Crippen molar-refractivity contribution in [1.82, 2.24) is 4.90 Å². The molecule has 28 heavy (non-hydrogen) atoms. The van der Waals surface area contributed by atoms with Crippen molar-refractivity contribution in [3.8, 4) is 0 Å². The summed E-state index contributed by atoms with van der Waals surface area (Å²) in [6, 6.07) is 17.6. The second-order valence-corrected chi connectivity index (χ2v) is 11.3. The fourth-order valence-electron chi connectivity index (χ4n) is 4.34. The molecule has 1 heterocycles. The molecule has 1 aliphatic rings. The Labute approximate surface area is 170 Å². The molecule has 0 spiro atoms. The second kappa shape index (κ2) is 8.79. The van der Waals surface area contributed by atoms with Crippen molar-refractivity contribution in [2.75, 3.05) is 19.6 Å². The van der Waals surface area contributed by atoms with Gasteiger partial charge in [0.1, 0.15) is 0 Å². The molecule has 1 aliphatic heterocycles. The fraction of sp³-hybridized carbons (Fsp3) is 0.500. The molecule has 0 aromatic heterocycles. The molecule has 0 saturated carbocycles. The van der Waals surface area contributed by atoms with Gasteiger partial charge in [0.2, 0.25) is 0 Å². The minimum atomic E-state index is -3.32. The number of hydrogen-bond acceptors (Lipinski definition) is 3. The molecule has 0 aliphatic carbocycles. The monoisotopic (exact) mass is 399 g/mol. The lowest BCUT2D eigenvalue weighted by atomic mass is 9.88. The minimum absolute atomic E-state index is 0.428. The molecule has 3 rings (SSSR count). The first-order valence-electron chi connectivity index (χ1n) is 10.4. The third-order valence-corrected chi connectivity index (χ3v) is 8.72. The van der Waals surface area contributed by atoms with E-state index in [1.165, 1.54) is 24.0 Å². The molecule has 1 atom stereocenters. The SMILES string of the molecule is Cc1ccccc1C1CCCN(CCCC(C)(C)S(=O)(=O)c2ccccc2)C1. The first-order chi connectivity index (χ1) is 13.3. The Hall–Kier alpha value is -1.65. The van der Waals surface area contributed by atoms with Gasteiger partial charge in [-0.2, -0.15) is 0 Å². The van der Waals surface area contributed by atoms with E-state index in [2.05, 4.69) is 36.1 Å². The summed E-state index contributed by atoms with van der Waals surface area (Å²) in [4.78, 5) is 2.95. The maximum absolute atomic E-state index is 13.0. The van der Waals surface area contributed by atoms with Crippen LogP contribution in [-0.2, 0) is 9.84 Å². The molecule has 1 unspecified atom stereocenters. The Morgan fingerprint density at radius 3 is 2.43 bits per heavy atom. The van der Waals surface area contributed by atoms with E-state index in [0.717, 1.165) is 26.1 Å². The Bertz CT molecular complexity index is 874. The maximum atomic E-state index is 13.0. The zero-order valence-corrected chi connectivity index (χ0v) is 18.2. The van der Waals surface area contributed by atoms with Crippen LogP contribution in [0, 0.1) is 6.92 Å². The highest BCUT2D eigenvalue weighted by atomic mass is 32.2. The van der Waals surface area contributed by atoms with Crippen LogP contribution in [0.3, 0.4) is 0 Å². The number of hydrogen-bond donors (Lipinski definition) is 0. The van der Waals surface area contributed by atoms with Gasteiger partial charge in [-0.05, 0) is 88.7 Å². The number of rotatable bonds is 7. The Morgan fingerprint density at radius 1 is 1.04 bits per heavy atom. The van der Waals surface area contributed by atoms with Gasteiger partial charge in [-0.15, -0.1) is 0 Å². The molecule has 2 aromatic rings. The van der Waals surface area contributed by atoms with E-state index in [0.29, 0.717) is 17.2 Å². The van der Waals surface area contributed by atoms with Crippen molar-refractivity contribution < 1.29 is 8.42 Å². The zero-order valence-electron chi connectivity index (χ0n) is 17.4. The normalized spacial score (nSPS) is 18.9. The predicted octanol–water partition coefficient (Wildman–Crippen LogP) is 5.21. The third-order valence-electron chi connectivity index (χ3n) is 6.17. The molecule has 152 valence electrons. The van der Waals surface area contributed by atoms with Crippen molar-refractivity contribution in [1.29, 1.82) is 0 Å². The Kier molecular flexibility index (Phi) is 6.61.